The van der Waals surface area contributed by atoms with Gasteiger partial charge >= 0.3 is 11.9 Å². The molecule has 17 heavy (non-hydrogen) atoms. The van der Waals surface area contributed by atoms with Crippen LogP contribution >= 0.6 is 27.5 Å². The highest BCUT2D eigenvalue weighted by Gasteiger charge is 2.23. The molecule has 0 aliphatic heterocycles. The lowest BCUT2D eigenvalue weighted by Gasteiger charge is -2.11. The summed E-state index contributed by atoms with van der Waals surface area (Å²) in [7, 11) is 2.44. The SMILES string of the molecule is COC(=O)c1cc(Br)c(C(=O)OC)c(N)c1Cl. The molecule has 0 saturated heterocycles. The van der Waals surface area contributed by atoms with Crippen LogP contribution < -0.4 is 5.73 Å². The quantitative estimate of drug-likeness (QED) is 0.667. The van der Waals surface area contributed by atoms with Gasteiger partial charge in [0.1, 0.15) is 0 Å². The molecule has 1 aromatic carbocycles. The Morgan fingerprint density at radius 2 is 1.82 bits per heavy atom. The van der Waals surface area contributed by atoms with E-state index in [0.717, 1.165) is 0 Å². The zero-order valence-corrected chi connectivity index (χ0v) is 11.4. The Morgan fingerprint density at radius 3 is 2.29 bits per heavy atom. The number of benzene rings is 1. The van der Waals surface area contributed by atoms with E-state index in [4.69, 9.17) is 17.3 Å². The number of nitrogens with two attached hydrogens (primary N) is 1. The second-order valence-corrected chi connectivity index (χ2v) is 4.22. The van der Waals surface area contributed by atoms with E-state index in [1.807, 2.05) is 0 Å². The minimum Gasteiger partial charge on any atom is -0.465 e. The molecule has 0 amide bonds. The van der Waals surface area contributed by atoms with E-state index in [-0.39, 0.29) is 21.8 Å². The molecule has 2 N–H and O–H groups in total. The Bertz CT molecular complexity index is 490. The van der Waals surface area contributed by atoms with Crippen LogP contribution in [0.4, 0.5) is 5.69 Å². The molecule has 0 heterocycles. The van der Waals surface area contributed by atoms with Crippen molar-refractivity contribution in [3.05, 3.63) is 26.7 Å². The van der Waals surface area contributed by atoms with Gasteiger partial charge in [-0.15, -0.1) is 0 Å². The molecule has 1 aromatic rings. The van der Waals surface area contributed by atoms with Gasteiger partial charge in [0.2, 0.25) is 0 Å². The fourth-order valence-corrected chi connectivity index (χ4v) is 2.04. The maximum absolute atomic E-state index is 11.5. The van der Waals surface area contributed by atoms with Gasteiger partial charge in [-0.25, -0.2) is 9.59 Å². The van der Waals surface area contributed by atoms with Gasteiger partial charge in [0.15, 0.2) is 0 Å². The van der Waals surface area contributed by atoms with Gasteiger partial charge in [-0.1, -0.05) is 11.6 Å². The number of esters is 2. The van der Waals surface area contributed by atoms with E-state index in [2.05, 4.69) is 25.4 Å². The average Bonchev–Trinajstić information content (AvgIpc) is 2.32. The molecule has 5 nitrogen and oxygen atoms in total. The van der Waals surface area contributed by atoms with Crippen LogP contribution in [0.5, 0.6) is 0 Å². The lowest BCUT2D eigenvalue weighted by atomic mass is 10.1. The lowest BCUT2D eigenvalue weighted by Crippen LogP contribution is -2.11. The van der Waals surface area contributed by atoms with Gasteiger partial charge in [0.05, 0.1) is 36.1 Å². The molecule has 0 aromatic heterocycles. The Balaban J connectivity index is 3.47. The number of hydrogen-bond donors (Lipinski definition) is 1. The molecule has 0 fully saturated rings. The summed E-state index contributed by atoms with van der Waals surface area (Å²) in [5.74, 6) is -1.29. The molecule has 0 aliphatic rings. The van der Waals surface area contributed by atoms with E-state index < -0.39 is 11.9 Å². The maximum atomic E-state index is 11.5. The molecule has 0 saturated carbocycles. The summed E-state index contributed by atoms with van der Waals surface area (Å²) in [4.78, 5) is 22.8. The van der Waals surface area contributed by atoms with E-state index in [0.29, 0.717) is 4.47 Å². The van der Waals surface area contributed by atoms with Gasteiger partial charge in [-0.3, -0.25) is 0 Å². The van der Waals surface area contributed by atoms with Crippen molar-refractivity contribution in [2.75, 3.05) is 20.0 Å². The summed E-state index contributed by atoms with van der Waals surface area (Å²) in [5.41, 5.74) is 5.80. The number of carbonyl (C=O) groups excluding carboxylic acids is 2. The van der Waals surface area contributed by atoms with Gasteiger partial charge in [-0.05, 0) is 22.0 Å². The van der Waals surface area contributed by atoms with E-state index in [9.17, 15) is 9.59 Å². The first-order valence-electron chi connectivity index (χ1n) is 4.38. The summed E-state index contributed by atoms with van der Waals surface area (Å²) in [6.07, 6.45) is 0. The zero-order chi connectivity index (χ0) is 13.2. The van der Waals surface area contributed by atoms with Gasteiger partial charge < -0.3 is 15.2 Å². The van der Waals surface area contributed by atoms with Gasteiger partial charge in [0.25, 0.3) is 0 Å². The maximum Gasteiger partial charge on any atom is 0.341 e. The molecule has 0 spiro atoms. The number of halogens is 2. The summed E-state index contributed by atoms with van der Waals surface area (Å²) in [6, 6.07) is 1.36. The summed E-state index contributed by atoms with van der Waals surface area (Å²) in [6.45, 7) is 0. The molecule has 0 aliphatic carbocycles. The van der Waals surface area contributed by atoms with Crippen molar-refractivity contribution in [2.24, 2.45) is 0 Å². The van der Waals surface area contributed by atoms with Crippen molar-refractivity contribution >= 4 is 45.2 Å². The monoisotopic (exact) mass is 321 g/mol. The van der Waals surface area contributed by atoms with Crippen LogP contribution in [0.3, 0.4) is 0 Å². The lowest BCUT2D eigenvalue weighted by molar-refractivity contribution is 0.0587. The first kappa shape index (κ1) is 13.8. The minimum absolute atomic E-state index is 0.0340. The van der Waals surface area contributed by atoms with Gasteiger partial charge in [0, 0.05) is 4.47 Å². The molecule has 92 valence electrons. The van der Waals surface area contributed by atoms with Crippen LogP contribution in [0, 0.1) is 0 Å². The minimum atomic E-state index is -0.646. The number of rotatable bonds is 2. The van der Waals surface area contributed by atoms with Crippen LogP contribution in [0.25, 0.3) is 0 Å². The molecule has 1 rings (SSSR count). The summed E-state index contributed by atoms with van der Waals surface area (Å²) >= 11 is 9.01. The molecule has 7 heteroatoms. The second-order valence-electron chi connectivity index (χ2n) is 2.99. The standard InChI is InChI=1S/C10H9BrClNO4/c1-16-9(14)4-3-5(11)6(10(15)17-2)8(13)7(4)12/h3H,13H2,1-2H3. The van der Waals surface area contributed by atoms with Crippen LogP contribution in [-0.2, 0) is 9.47 Å². The van der Waals surface area contributed by atoms with Crippen molar-refractivity contribution in [1.29, 1.82) is 0 Å². The number of ether oxygens (including phenoxy) is 2. The third kappa shape index (κ3) is 2.53. The fourth-order valence-electron chi connectivity index (χ4n) is 1.21. The van der Waals surface area contributed by atoms with Crippen molar-refractivity contribution in [3.63, 3.8) is 0 Å². The summed E-state index contributed by atoms with van der Waals surface area (Å²) in [5, 5.41) is -0.0412. The first-order chi connectivity index (χ1) is 7.93. The Morgan fingerprint density at radius 1 is 1.29 bits per heavy atom. The number of methoxy groups -OCH3 is 2. The third-order valence-corrected chi connectivity index (χ3v) is 3.08. The molecular weight excluding hydrogens is 313 g/mol. The number of carbonyl (C=O) groups is 2. The third-order valence-electron chi connectivity index (χ3n) is 2.05. The highest BCUT2D eigenvalue weighted by Crippen LogP contribution is 2.34. The smallest absolute Gasteiger partial charge is 0.341 e. The zero-order valence-electron chi connectivity index (χ0n) is 9.04. The molecule has 0 radical (unpaired) electrons. The van der Waals surface area contributed by atoms with Crippen molar-refractivity contribution in [1.82, 2.24) is 0 Å². The molecule has 0 bridgehead atoms. The number of nitrogen functional groups attached to an aromatic ring is 1. The number of anilines is 1. The average molecular weight is 323 g/mol. The Hall–Kier alpha value is -1.27. The predicted molar refractivity (Wildman–Crippen MR) is 66.2 cm³/mol. The van der Waals surface area contributed by atoms with Crippen LogP contribution in [0.2, 0.25) is 5.02 Å². The Labute approximate surface area is 111 Å². The van der Waals surface area contributed by atoms with Gasteiger partial charge in [-0.2, -0.15) is 0 Å². The largest absolute Gasteiger partial charge is 0.465 e. The van der Waals surface area contributed by atoms with Crippen LogP contribution in [0.1, 0.15) is 20.7 Å². The van der Waals surface area contributed by atoms with E-state index in [1.165, 1.54) is 20.3 Å². The van der Waals surface area contributed by atoms with Crippen LogP contribution in [-0.4, -0.2) is 26.2 Å². The summed E-state index contributed by atoms with van der Waals surface area (Å²) < 4.78 is 9.41. The van der Waals surface area contributed by atoms with Crippen molar-refractivity contribution in [2.45, 2.75) is 0 Å². The predicted octanol–water partition coefficient (Wildman–Crippen LogP) is 2.26. The van der Waals surface area contributed by atoms with Crippen molar-refractivity contribution in [3.8, 4) is 0 Å². The molecule has 0 atom stereocenters. The number of hydrogen-bond acceptors (Lipinski definition) is 5. The van der Waals surface area contributed by atoms with E-state index in [1.54, 1.807) is 0 Å². The van der Waals surface area contributed by atoms with Crippen LogP contribution in [0.15, 0.2) is 10.5 Å². The second kappa shape index (κ2) is 5.37. The normalized spacial score (nSPS) is 9.88. The molecule has 0 unspecified atom stereocenters. The van der Waals surface area contributed by atoms with Crippen molar-refractivity contribution < 1.29 is 19.1 Å². The topological polar surface area (TPSA) is 78.6 Å². The Kier molecular flexibility index (Phi) is 4.36. The fraction of sp³-hybridized carbons (Fsp3) is 0.200. The first-order valence-corrected chi connectivity index (χ1v) is 5.55. The molecular formula is C10H9BrClNO4. The highest BCUT2D eigenvalue weighted by molar-refractivity contribution is 9.10. The highest BCUT2D eigenvalue weighted by atomic mass is 79.9. The van der Waals surface area contributed by atoms with E-state index >= 15 is 0 Å².